The smallest absolute Gasteiger partial charge is 0.143 e. The molecule has 0 amide bonds. The van der Waals surface area contributed by atoms with E-state index < -0.39 is 0 Å². The Morgan fingerprint density at radius 2 is 0.943 bits per heavy atom. The summed E-state index contributed by atoms with van der Waals surface area (Å²) in [4.78, 5) is 2.38. The van der Waals surface area contributed by atoms with Crippen LogP contribution in [0.1, 0.15) is 0 Å². The number of benzene rings is 9. The summed E-state index contributed by atoms with van der Waals surface area (Å²) in [5.74, 6) is 0. The quantitative estimate of drug-likeness (QED) is 0.182. The Labute approximate surface area is 305 Å². The summed E-state index contributed by atoms with van der Waals surface area (Å²) in [6.07, 6.45) is 0. The van der Waals surface area contributed by atoms with Crippen LogP contribution in [-0.2, 0) is 0 Å². The maximum absolute atomic E-state index is 6.57. The average molecular weight is 678 g/mol. The van der Waals surface area contributed by atoms with Crippen LogP contribution in [0.4, 0.5) is 17.1 Å². The minimum atomic E-state index is 0.890. The highest BCUT2D eigenvalue weighted by molar-refractivity contribution is 6.19. The lowest BCUT2D eigenvalue weighted by Crippen LogP contribution is -2.10. The van der Waals surface area contributed by atoms with E-state index in [9.17, 15) is 0 Å². The molecule has 11 rings (SSSR count). The van der Waals surface area contributed by atoms with E-state index >= 15 is 0 Å². The lowest BCUT2D eigenvalue weighted by Gasteiger charge is -2.27. The van der Waals surface area contributed by atoms with Crippen LogP contribution < -0.4 is 4.90 Å². The molecule has 0 saturated carbocycles. The summed E-state index contributed by atoms with van der Waals surface area (Å²) in [5, 5.41) is 9.22. The molecule has 9 aromatic carbocycles. The predicted octanol–water partition coefficient (Wildman–Crippen LogP) is 14.6. The van der Waals surface area contributed by atoms with Gasteiger partial charge in [0.25, 0.3) is 0 Å². The summed E-state index contributed by atoms with van der Waals surface area (Å²) in [7, 11) is 0. The van der Waals surface area contributed by atoms with E-state index in [1.165, 1.54) is 16.2 Å². The fraction of sp³-hybridized carbons (Fsp3) is 0. The molecule has 248 valence electrons. The van der Waals surface area contributed by atoms with Gasteiger partial charge in [0.1, 0.15) is 22.3 Å². The Morgan fingerprint density at radius 3 is 1.77 bits per heavy atom. The van der Waals surface area contributed by atoms with Crippen molar-refractivity contribution in [1.82, 2.24) is 0 Å². The first kappa shape index (κ1) is 29.6. The molecular weight excluding hydrogens is 647 g/mol. The van der Waals surface area contributed by atoms with Crippen molar-refractivity contribution in [3.05, 3.63) is 188 Å². The first-order valence-electron chi connectivity index (χ1n) is 18.0. The summed E-state index contributed by atoms with van der Waals surface area (Å²) in [6, 6.07) is 66.8. The van der Waals surface area contributed by atoms with Crippen molar-refractivity contribution in [3.63, 3.8) is 0 Å². The molecule has 0 aliphatic rings. The molecule has 0 aliphatic heterocycles. The molecule has 3 heteroatoms. The van der Waals surface area contributed by atoms with E-state index in [0.29, 0.717) is 0 Å². The topological polar surface area (TPSA) is 29.5 Å². The second-order valence-corrected chi connectivity index (χ2v) is 13.7. The van der Waals surface area contributed by atoms with Crippen molar-refractivity contribution in [1.29, 1.82) is 0 Å². The summed E-state index contributed by atoms with van der Waals surface area (Å²) >= 11 is 0. The van der Waals surface area contributed by atoms with Gasteiger partial charge in [-0.2, -0.15) is 0 Å². The van der Waals surface area contributed by atoms with Gasteiger partial charge in [-0.05, 0) is 87.6 Å². The van der Waals surface area contributed by atoms with E-state index in [4.69, 9.17) is 8.83 Å². The predicted molar refractivity (Wildman–Crippen MR) is 222 cm³/mol. The number of para-hydroxylation sites is 1. The highest BCUT2D eigenvalue weighted by Crippen LogP contribution is 2.44. The molecule has 3 nitrogen and oxygen atoms in total. The van der Waals surface area contributed by atoms with Crippen LogP contribution in [-0.4, -0.2) is 0 Å². The molecule has 0 bridgehead atoms. The van der Waals surface area contributed by atoms with Gasteiger partial charge in [-0.1, -0.05) is 133 Å². The molecule has 2 aromatic heterocycles. The molecule has 53 heavy (non-hydrogen) atoms. The molecule has 2 heterocycles. The number of furan rings is 2. The van der Waals surface area contributed by atoms with Gasteiger partial charge in [0.05, 0.1) is 5.69 Å². The second kappa shape index (κ2) is 11.7. The molecule has 0 saturated heterocycles. The molecule has 11 aromatic rings. The number of rotatable bonds is 5. The van der Waals surface area contributed by atoms with Gasteiger partial charge in [0, 0.05) is 43.7 Å². The number of hydrogen-bond donors (Lipinski definition) is 0. The fourth-order valence-corrected chi connectivity index (χ4v) is 8.24. The third kappa shape index (κ3) is 4.68. The molecule has 0 unspecified atom stereocenters. The van der Waals surface area contributed by atoms with Gasteiger partial charge in [-0.3, -0.25) is 0 Å². The van der Waals surface area contributed by atoms with E-state index in [0.717, 1.165) is 88.6 Å². The molecule has 0 radical (unpaired) electrons. The number of anilines is 3. The number of fused-ring (bicyclic) bond motifs is 9. The van der Waals surface area contributed by atoms with Crippen molar-refractivity contribution in [2.45, 2.75) is 0 Å². The van der Waals surface area contributed by atoms with Gasteiger partial charge < -0.3 is 13.7 Å². The van der Waals surface area contributed by atoms with Gasteiger partial charge in [0.15, 0.2) is 0 Å². The molecule has 0 aliphatic carbocycles. The van der Waals surface area contributed by atoms with Crippen LogP contribution in [0.2, 0.25) is 0 Å². The summed E-state index contributed by atoms with van der Waals surface area (Å²) in [5.41, 5.74) is 11.5. The van der Waals surface area contributed by atoms with Gasteiger partial charge in [-0.25, -0.2) is 0 Å². The molecular formula is C50H31NO2. The van der Waals surface area contributed by atoms with Crippen LogP contribution >= 0.6 is 0 Å². The minimum Gasteiger partial charge on any atom is -0.456 e. The molecule has 0 spiro atoms. The highest BCUT2D eigenvalue weighted by Gasteiger charge is 2.19. The van der Waals surface area contributed by atoms with E-state index in [1.54, 1.807) is 0 Å². The number of nitrogens with zero attached hydrogens (tertiary/aromatic N) is 1. The lowest BCUT2D eigenvalue weighted by atomic mass is 9.97. The largest absolute Gasteiger partial charge is 0.456 e. The van der Waals surface area contributed by atoms with Crippen molar-refractivity contribution in [2.24, 2.45) is 0 Å². The Bertz CT molecular complexity index is 3180. The Hall–Kier alpha value is -7.10. The van der Waals surface area contributed by atoms with Gasteiger partial charge >= 0.3 is 0 Å². The maximum atomic E-state index is 6.57. The third-order valence-corrected chi connectivity index (χ3v) is 10.6. The van der Waals surface area contributed by atoms with E-state index in [1.807, 2.05) is 12.1 Å². The van der Waals surface area contributed by atoms with Crippen LogP contribution in [0.5, 0.6) is 0 Å². The highest BCUT2D eigenvalue weighted by atomic mass is 16.3. The fourth-order valence-electron chi connectivity index (χ4n) is 8.24. The Balaban J connectivity index is 1.09. The molecule has 0 N–H and O–H groups in total. The van der Waals surface area contributed by atoms with Crippen LogP contribution in [0.15, 0.2) is 197 Å². The SMILES string of the molecule is c1cc(-c2cccc3oc4c5ccccc5ccc4c23)cc(N(c2ccc(-c3cccc4oc5ccccc5c34)cc2)c2cccc3ccccc23)c1. The first-order chi connectivity index (χ1) is 26.3. The van der Waals surface area contributed by atoms with Crippen LogP contribution in [0.3, 0.4) is 0 Å². The maximum Gasteiger partial charge on any atom is 0.143 e. The van der Waals surface area contributed by atoms with E-state index in [-0.39, 0.29) is 0 Å². The van der Waals surface area contributed by atoms with Crippen molar-refractivity contribution < 1.29 is 8.83 Å². The zero-order valence-corrected chi connectivity index (χ0v) is 28.7. The second-order valence-electron chi connectivity index (χ2n) is 13.7. The van der Waals surface area contributed by atoms with Crippen molar-refractivity contribution in [2.75, 3.05) is 4.90 Å². The molecule has 0 fully saturated rings. The van der Waals surface area contributed by atoms with Crippen LogP contribution in [0.25, 0.3) is 87.7 Å². The third-order valence-electron chi connectivity index (χ3n) is 10.6. The van der Waals surface area contributed by atoms with Crippen molar-refractivity contribution >= 4 is 82.5 Å². The average Bonchev–Trinajstić information content (AvgIpc) is 3.81. The van der Waals surface area contributed by atoms with Gasteiger partial charge in [-0.15, -0.1) is 0 Å². The lowest BCUT2D eigenvalue weighted by molar-refractivity contribution is 0.669. The first-order valence-corrected chi connectivity index (χ1v) is 18.0. The number of hydrogen-bond acceptors (Lipinski definition) is 3. The van der Waals surface area contributed by atoms with E-state index in [2.05, 4.69) is 181 Å². The zero-order valence-electron chi connectivity index (χ0n) is 28.7. The Morgan fingerprint density at radius 1 is 0.340 bits per heavy atom. The standard InChI is InChI=1S/C50H31NO2/c1-3-16-38-32(11-1)13-8-21-44(38)51(36-28-25-34(26-29-36)39-19-9-23-46-48(39)42-18-5-6-22-45(42)52-46)37-15-7-14-35(31-37)40-20-10-24-47-49(40)43-30-27-33-12-2-4-17-41(33)50(43)53-47/h1-31H. The monoisotopic (exact) mass is 677 g/mol. The zero-order chi connectivity index (χ0) is 34.9. The normalized spacial score (nSPS) is 11.8. The summed E-state index contributed by atoms with van der Waals surface area (Å²) in [6.45, 7) is 0. The van der Waals surface area contributed by atoms with Crippen LogP contribution in [0, 0.1) is 0 Å². The minimum absolute atomic E-state index is 0.890. The Kier molecular flexibility index (Phi) is 6.55. The van der Waals surface area contributed by atoms with Crippen molar-refractivity contribution in [3.8, 4) is 22.3 Å². The summed E-state index contributed by atoms with van der Waals surface area (Å²) < 4.78 is 12.8. The molecule has 0 atom stereocenters. The van der Waals surface area contributed by atoms with Gasteiger partial charge in [0.2, 0.25) is 0 Å².